The molecule has 1 aliphatic carbocycles. The van der Waals surface area contributed by atoms with Crippen LogP contribution in [0.2, 0.25) is 0 Å². The van der Waals surface area contributed by atoms with E-state index in [1.54, 1.807) is 6.33 Å². The Kier molecular flexibility index (Phi) is 2.84. The Bertz CT molecular complexity index is 394. The predicted octanol–water partition coefficient (Wildman–Crippen LogP) is 2.33. The molecule has 0 spiro atoms. The Morgan fingerprint density at radius 1 is 1.31 bits per heavy atom. The van der Waals surface area contributed by atoms with E-state index in [9.17, 15) is 0 Å². The number of fused-ring (bicyclic) bond motifs is 1. The molecule has 1 aromatic rings. The molecule has 1 fully saturated rings. The van der Waals surface area contributed by atoms with Crippen LogP contribution in [-0.4, -0.2) is 27.9 Å². The molecule has 0 radical (unpaired) electrons. The van der Waals surface area contributed by atoms with Gasteiger partial charge in [-0.2, -0.15) is 0 Å². The van der Waals surface area contributed by atoms with E-state index >= 15 is 0 Å². The van der Waals surface area contributed by atoms with E-state index in [1.165, 1.54) is 36.3 Å². The van der Waals surface area contributed by atoms with Gasteiger partial charge in [0.2, 0.25) is 0 Å². The molecule has 16 heavy (non-hydrogen) atoms. The first-order chi connectivity index (χ1) is 7.90. The van der Waals surface area contributed by atoms with E-state index in [1.807, 2.05) is 0 Å². The largest absolute Gasteiger partial charge is 0.352 e. The van der Waals surface area contributed by atoms with Crippen LogP contribution < -0.4 is 4.90 Å². The Labute approximate surface area is 104 Å². The Balaban J connectivity index is 1.97. The molecular weight excluding hydrogens is 266 g/mol. The van der Waals surface area contributed by atoms with Crippen LogP contribution in [0.15, 0.2) is 6.33 Å². The van der Waals surface area contributed by atoms with Crippen molar-refractivity contribution in [1.82, 2.24) is 9.97 Å². The summed E-state index contributed by atoms with van der Waals surface area (Å²) in [7, 11) is 0. The summed E-state index contributed by atoms with van der Waals surface area (Å²) < 4.78 is 0. The van der Waals surface area contributed by atoms with Crippen molar-refractivity contribution in [1.29, 1.82) is 0 Å². The summed E-state index contributed by atoms with van der Waals surface area (Å²) in [6.45, 7) is 1.15. The van der Waals surface area contributed by atoms with Crippen LogP contribution in [0.4, 0.5) is 5.82 Å². The molecule has 2 aliphatic rings. The highest BCUT2D eigenvalue weighted by atomic mass is 79.9. The smallest absolute Gasteiger partial charge is 0.135 e. The average molecular weight is 282 g/mol. The van der Waals surface area contributed by atoms with E-state index in [4.69, 9.17) is 0 Å². The number of nitrogens with zero attached hydrogens (tertiary/aromatic N) is 3. The summed E-state index contributed by atoms with van der Waals surface area (Å²) in [6, 6.07) is 0.625. The molecule has 1 aromatic heterocycles. The van der Waals surface area contributed by atoms with Gasteiger partial charge in [0.05, 0.1) is 0 Å². The molecule has 1 saturated heterocycles. The predicted molar refractivity (Wildman–Crippen MR) is 68.2 cm³/mol. The van der Waals surface area contributed by atoms with Gasteiger partial charge in [-0.15, -0.1) is 0 Å². The summed E-state index contributed by atoms with van der Waals surface area (Å²) in [5.74, 6) is 1.21. The van der Waals surface area contributed by atoms with E-state index in [2.05, 4.69) is 30.8 Å². The van der Waals surface area contributed by atoms with E-state index < -0.39 is 0 Å². The minimum Gasteiger partial charge on any atom is -0.352 e. The van der Waals surface area contributed by atoms with Gasteiger partial charge in [0, 0.05) is 29.2 Å². The van der Waals surface area contributed by atoms with Crippen molar-refractivity contribution in [3.63, 3.8) is 0 Å². The average Bonchev–Trinajstić information content (AvgIpc) is 2.96. The fourth-order valence-corrected chi connectivity index (χ4v) is 3.54. The topological polar surface area (TPSA) is 29.0 Å². The lowest BCUT2D eigenvalue weighted by Crippen LogP contribution is -2.32. The lowest BCUT2D eigenvalue weighted by Gasteiger charge is -2.25. The number of alkyl halides is 1. The van der Waals surface area contributed by atoms with Crippen molar-refractivity contribution >= 4 is 21.7 Å². The summed E-state index contributed by atoms with van der Waals surface area (Å²) in [5, 5.41) is 1.05. The summed E-state index contributed by atoms with van der Waals surface area (Å²) >= 11 is 3.61. The molecule has 0 saturated carbocycles. The number of hydrogen-bond donors (Lipinski definition) is 0. The second-order valence-corrected chi connectivity index (χ2v) is 5.27. The molecule has 0 amide bonds. The normalized spacial score (nSPS) is 23.8. The maximum Gasteiger partial charge on any atom is 0.135 e. The van der Waals surface area contributed by atoms with Crippen molar-refractivity contribution in [3.05, 3.63) is 17.6 Å². The lowest BCUT2D eigenvalue weighted by atomic mass is 10.2. The van der Waals surface area contributed by atoms with Gasteiger partial charge >= 0.3 is 0 Å². The van der Waals surface area contributed by atoms with Crippen molar-refractivity contribution in [3.8, 4) is 0 Å². The van der Waals surface area contributed by atoms with Crippen LogP contribution in [0.25, 0.3) is 0 Å². The first-order valence-corrected chi connectivity index (χ1v) is 7.17. The fraction of sp³-hybridized carbons (Fsp3) is 0.667. The maximum absolute atomic E-state index is 4.52. The molecule has 1 unspecified atom stereocenters. The molecule has 0 aromatic carbocycles. The number of anilines is 1. The molecule has 2 heterocycles. The molecule has 86 valence electrons. The maximum atomic E-state index is 4.52. The van der Waals surface area contributed by atoms with Crippen molar-refractivity contribution in [2.75, 3.05) is 16.8 Å². The van der Waals surface area contributed by atoms with E-state index in [0.717, 1.165) is 24.7 Å². The third kappa shape index (κ3) is 1.63. The third-order valence-corrected chi connectivity index (χ3v) is 4.43. The van der Waals surface area contributed by atoms with Crippen LogP contribution in [0, 0.1) is 0 Å². The van der Waals surface area contributed by atoms with Crippen LogP contribution in [0.3, 0.4) is 0 Å². The summed E-state index contributed by atoms with van der Waals surface area (Å²) in [5.41, 5.74) is 2.69. The second-order valence-electron chi connectivity index (χ2n) is 4.62. The number of aryl methyl sites for hydroxylation is 1. The first-order valence-electron chi connectivity index (χ1n) is 6.05. The lowest BCUT2D eigenvalue weighted by molar-refractivity contribution is 0.735. The number of rotatable bonds is 2. The Hall–Kier alpha value is -0.640. The van der Waals surface area contributed by atoms with Gasteiger partial charge < -0.3 is 4.90 Å². The molecule has 3 nitrogen and oxygen atoms in total. The molecular formula is C12H16BrN3. The molecule has 3 rings (SSSR count). The second kappa shape index (κ2) is 4.32. The van der Waals surface area contributed by atoms with Crippen molar-refractivity contribution in [2.45, 2.75) is 38.1 Å². The van der Waals surface area contributed by atoms with Gasteiger partial charge in [-0.1, -0.05) is 15.9 Å². The van der Waals surface area contributed by atoms with Gasteiger partial charge in [0.25, 0.3) is 0 Å². The molecule has 0 N–H and O–H groups in total. The SMILES string of the molecule is BrCC1CCCN1c1ncnc2c1CCC2. The zero-order valence-corrected chi connectivity index (χ0v) is 10.9. The third-order valence-electron chi connectivity index (χ3n) is 3.68. The fourth-order valence-electron chi connectivity index (χ4n) is 2.86. The highest BCUT2D eigenvalue weighted by molar-refractivity contribution is 9.09. The minimum atomic E-state index is 0.625. The van der Waals surface area contributed by atoms with E-state index in [0.29, 0.717) is 6.04 Å². The van der Waals surface area contributed by atoms with Gasteiger partial charge in [-0.25, -0.2) is 9.97 Å². The van der Waals surface area contributed by atoms with Crippen LogP contribution in [0.5, 0.6) is 0 Å². The van der Waals surface area contributed by atoms with Gasteiger partial charge in [0.15, 0.2) is 0 Å². The van der Waals surface area contributed by atoms with Crippen LogP contribution >= 0.6 is 15.9 Å². The first kappa shape index (κ1) is 10.5. The summed E-state index contributed by atoms with van der Waals surface area (Å²) in [6.07, 6.45) is 7.85. The molecule has 0 bridgehead atoms. The standard InChI is InChI=1S/C12H16BrN3/c13-7-9-3-2-6-16(9)12-10-4-1-5-11(10)14-8-15-12/h8-9H,1-7H2. The number of halogens is 1. The molecule has 1 atom stereocenters. The Morgan fingerprint density at radius 2 is 2.25 bits per heavy atom. The van der Waals surface area contributed by atoms with Crippen LogP contribution in [0.1, 0.15) is 30.5 Å². The van der Waals surface area contributed by atoms with Gasteiger partial charge in [-0.05, 0) is 32.1 Å². The monoisotopic (exact) mass is 281 g/mol. The van der Waals surface area contributed by atoms with E-state index in [-0.39, 0.29) is 0 Å². The highest BCUT2D eigenvalue weighted by Crippen LogP contribution is 2.32. The number of hydrogen-bond acceptors (Lipinski definition) is 3. The quantitative estimate of drug-likeness (QED) is 0.780. The highest BCUT2D eigenvalue weighted by Gasteiger charge is 2.28. The Morgan fingerprint density at radius 3 is 3.12 bits per heavy atom. The van der Waals surface area contributed by atoms with Gasteiger partial charge in [0.1, 0.15) is 12.1 Å². The van der Waals surface area contributed by atoms with Gasteiger partial charge in [-0.3, -0.25) is 0 Å². The summed E-state index contributed by atoms with van der Waals surface area (Å²) in [4.78, 5) is 11.4. The van der Waals surface area contributed by atoms with Crippen LogP contribution in [-0.2, 0) is 12.8 Å². The zero-order valence-electron chi connectivity index (χ0n) is 9.32. The van der Waals surface area contributed by atoms with Crippen molar-refractivity contribution < 1.29 is 0 Å². The minimum absolute atomic E-state index is 0.625. The zero-order chi connectivity index (χ0) is 11.0. The number of aromatic nitrogens is 2. The van der Waals surface area contributed by atoms with Crippen molar-refractivity contribution in [2.24, 2.45) is 0 Å². The molecule has 4 heteroatoms. The molecule has 1 aliphatic heterocycles.